The molecular formula is C22H21N7O2. The Labute approximate surface area is 178 Å². The van der Waals surface area contributed by atoms with Crippen molar-refractivity contribution in [1.29, 1.82) is 0 Å². The lowest BCUT2D eigenvalue weighted by molar-refractivity contribution is 0.475. The van der Waals surface area contributed by atoms with Crippen LogP contribution in [0.2, 0.25) is 0 Å². The first-order chi connectivity index (χ1) is 15.0. The smallest absolute Gasteiger partial charge is 0.264 e. The number of nitrogens with zero attached hydrogens (tertiary/aromatic N) is 7. The van der Waals surface area contributed by atoms with Crippen LogP contribution in [0.3, 0.4) is 0 Å². The van der Waals surface area contributed by atoms with Crippen LogP contribution in [-0.4, -0.2) is 42.9 Å². The molecule has 4 aromatic rings. The third kappa shape index (κ3) is 3.43. The molecule has 0 N–H and O–H groups in total. The maximum atomic E-state index is 12.9. The minimum Gasteiger partial charge on any atom is -0.455 e. The van der Waals surface area contributed by atoms with Gasteiger partial charge in [0.05, 0.1) is 28.8 Å². The van der Waals surface area contributed by atoms with E-state index in [0.29, 0.717) is 40.9 Å². The van der Waals surface area contributed by atoms with Crippen molar-refractivity contribution in [2.75, 3.05) is 18.5 Å². The molecule has 1 aliphatic heterocycles. The third-order valence-corrected chi connectivity index (χ3v) is 5.30. The molecule has 5 rings (SSSR count). The van der Waals surface area contributed by atoms with Gasteiger partial charge in [-0.25, -0.2) is 9.97 Å². The molecule has 31 heavy (non-hydrogen) atoms. The molecule has 5 heterocycles. The zero-order valence-electron chi connectivity index (χ0n) is 17.5. The predicted molar refractivity (Wildman–Crippen MR) is 116 cm³/mol. The van der Waals surface area contributed by atoms with E-state index in [2.05, 4.69) is 20.1 Å². The van der Waals surface area contributed by atoms with Crippen molar-refractivity contribution in [2.24, 2.45) is 7.05 Å². The van der Waals surface area contributed by atoms with Crippen LogP contribution in [0.5, 0.6) is 11.5 Å². The van der Waals surface area contributed by atoms with Crippen molar-refractivity contribution >= 4 is 5.95 Å². The van der Waals surface area contributed by atoms with Crippen molar-refractivity contribution in [1.82, 2.24) is 29.3 Å². The topological polar surface area (TPSA) is 91.0 Å². The quantitative estimate of drug-likeness (QED) is 0.506. The summed E-state index contributed by atoms with van der Waals surface area (Å²) in [5.74, 6) is 1.95. The summed E-state index contributed by atoms with van der Waals surface area (Å²) in [7, 11) is 3.79. The Kier molecular flexibility index (Phi) is 4.50. The summed E-state index contributed by atoms with van der Waals surface area (Å²) < 4.78 is 9.47. The van der Waals surface area contributed by atoms with E-state index in [1.54, 1.807) is 40.0 Å². The summed E-state index contributed by atoms with van der Waals surface area (Å²) in [6, 6.07) is 7.26. The Morgan fingerprint density at radius 1 is 1.03 bits per heavy atom. The Morgan fingerprint density at radius 2 is 1.90 bits per heavy atom. The first kappa shape index (κ1) is 19.0. The fourth-order valence-electron chi connectivity index (χ4n) is 3.63. The number of ether oxygens (including phenoxy) is 1. The predicted octanol–water partition coefficient (Wildman–Crippen LogP) is 2.65. The van der Waals surface area contributed by atoms with Gasteiger partial charge in [0.1, 0.15) is 11.5 Å². The number of rotatable bonds is 4. The summed E-state index contributed by atoms with van der Waals surface area (Å²) in [4.78, 5) is 28.3. The fraction of sp³-hybridized carbons (Fsp3) is 0.227. The van der Waals surface area contributed by atoms with Crippen LogP contribution >= 0.6 is 0 Å². The molecule has 0 amide bonds. The van der Waals surface area contributed by atoms with Crippen molar-refractivity contribution in [3.8, 4) is 34.0 Å². The molecule has 0 aliphatic carbocycles. The molecule has 4 aromatic heterocycles. The normalized spacial score (nSPS) is 12.8. The van der Waals surface area contributed by atoms with E-state index in [4.69, 9.17) is 4.74 Å². The lowest BCUT2D eigenvalue weighted by Gasteiger charge is -2.12. The summed E-state index contributed by atoms with van der Waals surface area (Å²) in [6.45, 7) is 3.26. The van der Waals surface area contributed by atoms with Crippen molar-refractivity contribution in [3.05, 3.63) is 65.1 Å². The highest BCUT2D eigenvalue weighted by molar-refractivity contribution is 5.61. The van der Waals surface area contributed by atoms with Crippen LogP contribution in [-0.2, 0) is 13.6 Å². The first-order valence-corrected chi connectivity index (χ1v) is 9.91. The van der Waals surface area contributed by atoms with Crippen molar-refractivity contribution in [3.63, 3.8) is 0 Å². The van der Waals surface area contributed by atoms with Crippen molar-refractivity contribution < 1.29 is 4.74 Å². The standard InChI is InChI=1S/C22H21N7O2/c1-14-20(31-16-6-7-23-19(10-16)15-11-25-28(3)13-15)5-4-18(26-14)17-12-24-22-27(2)8-9-29(22)21(17)30/h4-7,10-13H,8-9H2,1-3H3. The lowest BCUT2D eigenvalue weighted by Crippen LogP contribution is -2.21. The van der Waals surface area contributed by atoms with E-state index in [-0.39, 0.29) is 5.56 Å². The zero-order chi connectivity index (χ0) is 21.5. The van der Waals surface area contributed by atoms with E-state index >= 15 is 0 Å². The van der Waals surface area contributed by atoms with Gasteiger partial charge in [0, 0.05) is 57.4 Å². The molecule has 0 radical (unpaired) electrons. The average Bonchev–Trinajstić information content (AvgIpc) is 3.37. The van der Waals surface area contributed by atoms with Crippen LogP contribution in [0.15, 0.2) is 53.8 Å². The van der Waals surface area contributed by atoms with Gasteiger partial charge in [-0.05, 0) is 25.1 Å². The number of pyridine rings is 2. The van der Waals surface area contributed by atoms with Crippen LogP contribution in [0.4, 0.5) is 5.95 Å². The third-order valence-electron chi connectivity index (χ3n) is 5.30. The molecule has 9 heteroatoms. The average molecular weight is 415 g/mol. The second-order valence-corrected chi connectivity index (χ2v) is 7.51. The van der Waals surface area contributed by atoms with E-state index < -0.39 is 0 Å². The molecule has 0 unspecified atom stereocenters. The zero-order valence-corrected chi connectivity index (χ0v) is 17.5. The van der Waals surface area contributed by atoms with Crippen LogP contribution in [0.1, 0.15) is 5.69 Å². The number of hydrogen-bond donors (Lipinski definition) is 0. The van der Waals surface area contributed by atoms with Crippen LogP contribution in [0.25, 0.3) is 22.5 Å². The van der Waals surface area contributed by atoms with E-state index in [1.165, 1.54) is 0 Å². The summed E-state index contributed by atoms with van der Waals surface area (Å²) in [5, 5.41) is 4.18. The Bertz CT molecular complexity index is 1340. The maximum Gasteiger partial charge on any atom is 0.264 e. The Morgan fingerprint density at radius 3 is 2.68 bits per heavy atom. The second kappa shape index (κ2) is 7.35. The number of fused-ring (bicyclic) bond motifs is 1. The largest absolute Gasteiger partial charge is 0.455 e. The molecule has 156 valence electrons. The molecule has 9 nitrogen and oxygen atoms in total. The lowest BCUT2D eigenvalue weighted by atomic mass is 10.2. The highest BCUT2D eigenvalue weighted by Gasteiger charge is 2.21. The number of hydrogen-bond acceptors (Lipinski definition) is 7. The van der Waals surface area contributed by atoms with E-state index in [9.17, 15) is 4.79 Å². The van der Waals surface area contributed by atoms with Gasteiger partial charge in [-0.1, -0.05) is 0 Å². The minimum absolute atomic E-state index is 0.0786. The fourth-order valence-corrected chi connectivity index (χ4v) is 3.63. The van der Waals surface area contributed by atoms with E-state index in [1.807, 2.05) is 44.2 Å². The van der Waals surface area contributed by atoms with Gasteiger partial charge in [-0.2, -0.15) is 5.10 Å². The summed E-state index contributed by atoms with van der Waals surface area (Å²) >= 11 is 0. The molecule has 0 saturated heterocycles. The SMILES string of the molecule is Cc1nc(-c2cnc3n(c2=O)CCN3C)ccc1Oc1ccnc(-c2cnn(C)c2)c1. The molecule has 0 bridgehead atoms. The van der Waals surface area contributed by atoms with Crippen LogP contribution in [0, 0.1) is 6.92 Å². The Balaban J connectivity index is 1.43. The molecule has 0 saturated carbocycles. The number of anilines is 1. The molecule has 1 aliphatic rings. The number of likely N-dealkylation sites (N-methyl/N-ethyl adjacent to an activating group) is 1. The molecule has 0 spiro atoms. The minimum atomic E-state index is -0.0786. The maximum absolute atomic E-state index is 12.9. The van der Waals surface area contributed by atoms with Crippen molar-refractivity contribution in [2.45, 2.75) is 13.5 Å². The van der Waals surface area contributed by atoms with Gasteiger partial charge in [0.2, 0.25) is 5.95 Å². The monoisotopic (exact) mass is 415 g/mol. The second-order valence-electron chi connectivity index (χ2n) is 7.51. The van der Waals surface area contributed by atoms with Gasteiger partial charge >= 0.3 is 0 Å². The number of aryl methyl sites for hydroxylation is 2. The van der Waals surface area contributed by atoms with Gasteiger partial charge in [0.15, 0.2) is 0 Å². The van der Waals surface area contributed by atoms with E-state index in [0.717, 1.165) is 17.8 Å². The summed E-state index contributed by atoms with van der Waals surface area (Å²) in [5.41, 5.74) is 3.35. The molecule has 0 aromatic carbocycles. The van der Waals surface area contributed by atoms with Crippen LogP contribution < -0.4 is 15.2 Å². The highest BCUT2D eigenvalue weighted by Crippen LogP contribution is 2.28. The molecule has 0 fully saturated rings. The highest BCUT2D eigenvalue weighted by atomic mass is 16.5. The van der Waals surface area contributed by atoms with Gasteiger partial charge in [-0.3, -0.25) is 19.0 Å². The molecular weight excluding hydrogens is 394 g/mol. The van der Waals surface area contributed by atoms with Gasteiger partial charge < -0.3 is 9.64 Å². The Hall–Kier alpha value is -4.01. The van der Waals surface area contributed by atoms with Gasteiger partial charge in [-0.15, -0.1) is 0 Å². The molecule has 0 atom stereocenters. The number of aromatic nitrogens is 6. The first-order valence-electron chi connectivity index (χ1n) is 9.91. The van der Waals surface area contributed by atoms with Gasteiger partial charge in [0.25, 0.3) is 5.56 Å². The summed E-state index contributed by atoms with van der Waals surface area (Å²) in [6.07, 6.45) is 6.95.